The highest BCUT2D eigenvalue weighted by molar-refractivity contribution is 5.86. The van der Waals surface area contributed by atoms with Crippen LogP contribution in [0.15, 0.2) is 4.99 Å². The standard InChI is InChI=1S/C8H15NO/c1-6(2)8(10)5-9-7(3)4/h6H,5H2,1-4H3. The number of Topliss-reactive ketones (excluding diaryl/α,β-unsaturated/α-hetero) is 1. The molecule has 2 nitrogen and oxygen atoms in total. The second-order valence-corrected chi connectivity index (χ2v) is 2.88. The monoisotopic (exact) mass is 141 g/mol. The summed E-state index contributed by atoms with van der Waals surface area (Å²) in [5.74, 6) is 0.323. The van der Waals surface area contributed by atoms with Crippen LogP contribution in [0.5, 0.6) is 0 Å². The van der Waals surface area contributed by atoms with E-state index in [-0.39, 0.29) is 11.7 Å². The number of aliphatic imine (C=N–C) groups is 1. The molecule has 0 spiro atoms. The average Bonchev–Trinajstić information content (AvgIpc) is 1.82. The molecule has 0 rings (SSSR count). The summed E-state index contributed by atoms with van der Waals surface area (Å²) in [6.45, 7) is 7.92. The van der Waals surface area contributed by atoms with Gasteiger partial charge in [0.2, 0.25) is 0 Å². The smallest absolute Gasteiger partial charge is 0.156 e. The first-order valence-corrected chi connectivity index (χ1v) is 3.54. The van der Waals surface area contributed by atoms with Crippen LogP contribution in [0.1, 0.15) is 27.7 Å². The van der Waals surface area contributed by atoms with Crippen molar-refractivity contribution in [3.05, 3.63) is 0 Å². The van der Waals surface area contributed by atoms with Gasteiger partial charge in [-0.3, -0.25) is 9.79 Å². The summed E-state index contributed by atoms with van der Waals surface area (Å²) in [5, 5.41) is 0. The van der Waals surface area contributed by atoms with Gasteiger partial charge in [-0.25, -0.2) is 0 Å². The third-order valence-electron chi connectivity index (χ3n) is 1.20. The van der Waals surface area contributed by atoms with Crippen LogP contribution in [0, 0.1) is 5.92 Å². The molecule has 0 aliphatic rings. The molecule has 58 valence electrons. The highest BCUT2D eigenvalue weighted by atomic mass is 16.1. The van der Waals surface area contributed by atoms with Gasteiger partial charge in [-0.15, -0.1) is 0 Å². The van der Waals surface area contributed by atoms with E-state index in [1.807, 2.05) is 27.7 Å². The highest BCUT2D eigenvalue weighted by Crippen LogP contribution is 1.94. The summed E-state index contributed by atoms with van der Waals surface area (Å²) >= 11 is 0. The molecule has 0 N–H and O–H groups in total. The Labute approximate surface area is 62.4 Å². The number of nitrogens with zero attached hydrogens (tertiary/aromatic N) is 1. The molecule has 0 aliphatic carbocycles. The Bertz CT molecular complexity index is 143. The van der Waals surface area contributed by atoms with E-state index in [4.69, 9.17) is 0 Å². The lowest BCUT2D eigenvalue weighted by atomic mass is 10.1. The summed E-state index contributed by atoms with van der Waals surface area (Å²) in [7, 11) is 0. The maximum absolute atomic E-state index is 10.9. The van der Waals surface area contributed by atoms with E-state index < -0.39 is 0 Å². The summed E-state index contributed by atoms with van der Waals surface area (Å²) in [5.41, 5.74) is 0.967. The predicted molar refractivity (Wildman–Crippen MR) is 43.5 cm³/mol. The number of carbonyl (C=O) groups excluding carboxylic acids is 1. The molecule has 0 saturated carbocycles. The zero-order chi connectivity index (χ0) is 8.15. The molecule has 2 heteroatoms. The largest absolute Gasteiger partial charge is 0.297 e. The number of rotatable bonds is 3. The maximum atomic E-state index is 10.9. The highest BCUT2D eigenvalue weighted by Gasteiger charge is 2.04. The predicted octanol–water partition coefficient (Wildman–Crippen LogP) is 1.69. The van der Waals surface area contributed by atoms with Crippen LogP contribution in [0.25, 0.3) is 0 Å². The van der Waals surface area contributed by atoms with Crippen molar-refractivity contribution >= 4 is 11.5 Å². The van der Waals surface area contributed by atoms with E-state index in [1.165, 1.54) is 0 Å². The normalized spacial score (nSPS) is 9.70. The van der Waals surface area contributed by atoms with E-state index in [0.29, 0.717) is 6.54 Å². The SMILES string of the molecule is CC(C)=NCC(=O)C(C)C. The van der Waals surface area contributed by atoms with Crippen molar-refractivity contribution in [2.45, 2.75) is 27.7 Å². The van der Waals surface area contributed by atoms with E-state index >= 15 is 0 Å². The first kappa shape index (κ1) is 9.34. The molecule has 0 fully saturated rings. The molecule has 0 heterocycles. The lowest BCUT2D eigenvalue weighted by Crippen LogP contribution is -2.10. The Morgan fingerprint density at radius 1 is 1.40 bits per heavy atom. The Morgan fingerprint density at radius 3 is 2.20 bits per heavy atom. The van der Waals surface area contributed by atoms with Gasteiger partial charge in [0.05, 0.1) is 6.54 Å². The molecule has 0 radical (unpaired) electrons. The fourth-order valence-electron chi connectivity index (χ4n) is 0.419. The van der Waals surface area contributed by atoms with E-state index in [9.17, 15) is 4.79 Å². The zero-order valence-corrected chi connectivity index (χ0v) is 7.14. The number of carbonyl (C=O) groups is 1. The molecule has 0 aliphatic heterocycles. The molecule has 0 unspecified atom stereocenters. The minimum Gasteiger partial charge on any atom is -0.297 e. The minimum atomic E-state index is 0.114. The minimum absolute atomic E-state index is 0.114. The molecule has 0 atom stereocenters. The second kappa shape index (κ2) is 4.20. The van der Waals surface area contributed by atoms with Gasteiger partial charge in [0.15, 0.2) is 5.78 Å². The molecule has 0 aromatic heterocycles. The molecule has 0 amide bonds. The topological polar surface area (TPSA) is 29.4 Å². The molecular weight excluding hydrogens is 126 g/mol. The van der Waals surface area contributed by atoms with Gasteiger partial charge in [0.1, 0.15) is 0 Å². The first-order valence-electron chi connectivity index (χ1n) is 3.54. The Hall–Kier alpha value is -0.660. The van der Waals surface area contributed by atoms with Crippen molar-refractivity contribution < 1.29 is 4.79 Å². The third-order valence-corrected chi connectivity index (χ3v) is 1.20. The second-order valence-electron chi connectivity index (χ2n) is 2.88. The van der Waals surface area contributed by atoms with Gasteiger partial charge >= 0.3 is 0 Å². The van der Waals surface area contributed by atoms with Gasteiger partial charge in [0.25, 0.3) is 0 Å². The van der Waals surface area contributed by atoms with Crippen LogP contribution >= 0.6 is 0 Å². The lowest BCUT2D eigenvalue weighted by Gasteiger charge is -1.98. The van der Waals surface area contributed by atoms with Crippen molar-refractivity contribution in [1.82, 2.24) is 0 Å². The van der Waals surface area contributed by atoms with Gasteiger partial charge in [-0.05, 0) is 13.8 Å². The Morgan fingerprint density at radius 2 is 1.90 bits per heavy atom. The fourth-order valence-corrected chi connectivity index (χ4v) is 0.419. The average molecular weight is 141 g/mol. The molecule has 0 aromatic rings. The van der Waals surface area contributed by atoms with Crippen LogP contribution in [0.4, 0.5) is 0 Å². The Kier molecular flexibility index (Phi) is 3.93. The van der Waals surface area contributed by atoms with Gasteiger partial charge in [0, 0.05) is 11.6 Å². The van der Waals surface area contributed by atoms with Crippen molar-refractivity contribution in [3.8, 4) is 0 Å². The van der Waals surface area contributed by atoms with Crippen LogP contribution in [-0.4, -0.2) is 18.0 Å². The van der Waals surface area contributed by atoms with Gasteiger partial charge < -0.3 is 0 Å². The van der Waals surface area contributed by atoms with E-state index in [1.54, 1.807) is 0 Å². The molecular formula is C8H15NO. The van der Waals surface area contributed by atoms with Gasteiger partial charge in [-0.1, -0.05) is 13.8 Å². The maximum Gasteiger partial charge on any atom is 0.156 e. The van der Waals surface area contributed by atoms with E-state index in [2.05, 4.69) is 4.99 Å². The quantitative estimate of drug-likeness (QED) is 0.550. The van der Waals surface area contributed by atoms with Crippen LogP contribution in [0.2, 0.25) is 0 Å². The van der Waals surface area contributed by atoms with Gasteiger partial charge in [-0.2, -0.15) is 0 Å². The Balaban J connectivity index is 3.71. The number of ketones is 1. The third kappa shape index (κ3) is 4.24. The molecule has 0 bridgehead atoms. The summed E-state index contributed by atoms with van der Waals surface area (Å²) in [6, 6.07) is 0. The number of hydrogen-bond donors (Lipinski definition) is 0. The summed E-state index contributed by atoms with van der Waals surface area (Å²) < 4.78 is 0. The molecule has 0 aromatic carbocycles. The zero-order valence-electron chi connectivity index (χ0n) is 7.14. The summed E-state index contributed by atoms with van der Waals surface area (Å²) in [6.07, 6.45) is 0. The van der Waals surface area contributed by atoms with Crippen molar-refractivity contribution in [1.29, 1.82) is 0 Å². The molecule has 0 saturated heterocycles. The van der Waals surface area contributed by atoms with Crippen molar-refractivity contribution in [2.75, 3.05) is 6.54 Å². The van der Waals surface area contributed by atoms with Crippen molar-refractivity contribution in [2.24, 2.45) is 10.9 Å². The summed E-state index contributed by atoms with van der Waals surface area (Å²) in [4.78, 5) is 15.0. The molecule has 10 heavy (non-hydrogen) atoms. The van der Waals surface area contributed by atoms with Crippen LogP contribution in [0.3, 0.4) is 0 Å². The lowest BCUT2D eigenvalue weighted by molar-refractivity contribution is -0.120. The van der Waals surface area contributed by atoms with Crippen molar-refractivity contribution in [3.63, 3.8) is 0 Å². The van der Waals surface area contributed by atoms with Crippen LogP contribution in [-0.2, 0) is 4.79 Å². The van der Waals surface area contributed by atoms with Crippen LogP contribution < -0.4 is 0 Å². The number of hydrogen-bond acceptors (Lipinski definition) is 2. The van der Waals surface area contributed by atoms with E-state index in [0.717, 1.165) is 5.71 Å². The first-order chi connectivity index (χ1) is 4.54. The fraction of sp³-hybridized carbons (Fsp3) is 0.750.